The minimum atomic E-state index is -1.16. The quantitative estimate of drug-likeness (QED) is 0.208. The molecule has 6 heteroatoms. The van der Waals surface area contributed by atoms with Crippen molar-refractivity contribution < 1.29 is 9.84 Å². The predicted molar refractivity (Wildman–Crippen MR) is 162 cm³/mol. The van der Waals surface area contributed by atoms with E-state index >= 15 is 0 Å². The van der Waals surface area contributed by atoms with E-state index < -0.39 is 5.60 Å². The lowest BCUT2D eigenvalue weighted by atomic mass is 9.71. The van der Waals surface area contributed by atoms with Crippen molar-refractivity contribution in [1.82, 2.24) is 15.2 Å². The number of hydrogen-bond donors (Lipinski definition) is 2. The van der Waals surface area contributed by atoms with Crippen LogP contribution < -0.4 is 10.1 Å². The molecular weight excluding hydrogens is 550 g/mol. The molecule has 2 atom stereocenters. The van der Waals surface area contributed by atoms with Crippen molar-refractivity contribution in [3.8, 4) is 5.88 Å². The smallest absolute Gasteiger partial charge is 0.217 e. The summed E-state index contributed by atoms with van der Waals surface area (Å²) in [6.07, 6.45) is 3.77. The first-order chi connectivity index (χ1) is 19.1. The number of aliphatic hydroxyl groups is 1. The summed E-state index contributed by atoms with van der Waals surface area (Å²) in [6.45, 7) is 5.43. The van der Waals surface area contributed by atoms with Gasteiger partial charge in [-0.05, 0) is 80.7 Å². The normalized spacial score (nSPS) is 16.9. The highest BCUT2D eigenvalue weighted by molar-refractivity contribution is 9.10. The fourth-order valence-electron chi connectivity index (χ4n) is 5.91. The van der Waals surface area contributed by atoms with Gasteiger partial charge in [-0.15, -0.1) is 0 Å². The van der Waals surface area contributed by atoms with E-state index in [1.54, 1.807) is 7.11 Å². The number of benzene rings is 3. The lowest BCUT2D eigenvalue weighted by Gasteiger charge is -2.38. The number of halogens is 1. The van der Waals surface area contributed by atoms with E-state index in [1.165, 1.54) is 6.42 Å². The van der Waals surface area contributed by atoms with Gasteiger partial charge in [0.25, 0.3) is 0 Å². The van der Waals surface area contributed by atoms with Gasteiger partial charge in [-0.2, -0.15) is 0 Å². The second-order valence-corrected chi connectivity index (χ2v) is 11.4. The van der Waals surface area contributed by atoms with Crippen molar-refractivity contribution >= 4 is 26.8 Å². The van der Waals surface area contributed by atoms with E-state index in [0.29, 0.717) is 12.3 Å². The van der Waals surface area contributed by atoms with Crippen molar-refractivity contribution in [3.63, 3.8) is 0 Å². The molecule has 5 rings (SSSR count). The molecule has 1 aliphatic heterocycles. The van der Waals surface area contributed by atoms with Crippen LogP contribution in [0.1, 0.15) is 48.3 Å². The number of rotatable bonds is 10. The molecule has 0 aliphatic carbocycles. The molecule has 1 fully saturated rings. The number of nitrogens with one attached hydrogen (secondary N) is 1. The summed E-state index contributed by atoms with van der Waals surface area (Å²) < 4.78 is 6.88. The molecule has 0 spiro atoms. The Morgan fingerprint density at radius 3 is 2.51 bits per heavy atom. The van der Waals surface area contributed by atoms with Gasteiger partial charge >= 0.3 is 0 Å². The predicted octanol–water partition coefficient (Wildman–Crippen LogP) is 6.49. The Kier molecular flexibility index (Phi) is 9.30. The van der Waals surface area contributed by atoms with Crippen molar-refractivity contribution in [2.75, 3.05) is 39.8 Å². The zero-order chi connectivity index (χ0) is 27.1. The lowest BCUT2D eigenvalue weighted by Crippen LogP contribution is -2.35. The van der Waals surface area contributed by atoms with Crippen LogP contribution >= 0.6 is 15.9 Å². The summed E-state index contributed by atoms with van der Waals surface area (Å²) in [5.74, 6) is 0.180. The minimum Gasteiger partial charge on any atom is -0.481 e. The number of fused-ring (bicyclic) bond motifs is 1. The highest BCUT2D eigenvalue weighted by atomic mass is 79.9. The van der Waals surface area contributed by atoms with E-state index in [2.05, 4.69) is 50.4 Å². The number of aromatic nitrogens is 1. The SMILES string of the molecule is COc1nc2ccc(Br)cc2cc1C(c1ccccc1)C(O)(CCCCN1CCCNCC1)c1ccccc1. The first-order valence-corrected chi connectivity index (χ1v) is 14.8. The van der Waals surface area contributed by atoms with Crippen LogP contribution in [0.3, 0.4) is 0 Å². The molecule has 1 aliphatic rings. The van der Waals surface area contributed by atoms with Crippen molar-refractivity contribution in [1.29, 1.82) is 0 Å². The van der Waals surface area contributed by atoms with Crippen molar-refractivity contribution in [3.05, 3.63) is 106 Å². The minimum absolute atomic E-state index is 0.366. The van der Waals surface area contributed by atoms with Crippen LogP contribution in [-0.4, -0.2) is 54.8 Å². The van der Waals surface area contributed by atoms with Crippen LogP contribution in [0, 0.1) is 0 Å². The molecule has 5 nitrogen and oxygen atoms in total. The molecule has 1 saturated heterocycles. The van der Waals surface area contributed by atoms with Gasteiger partial charge in [0.1, 0.15) is 5.60 Å². The zero-order valence-corrected chi connectivity index (χ0v) is 24.2. The van der Waals surface area contributed by atoms with Gasteiger partial charge in [-0.1, -0.05) is 76.6 Å². The Balaban J connectivity index is 1.56. The van der Waals surface area contributed by atoms with Crippen LogP contribution in [0.4, 0.5) is 0 Å². The van der Waals surface area contributed by atoms with E-state index in [4.69, 9.17) is 9.72 Å². The van der Waals surface area contributed by atoms with Crippen LogP contribution in [0.5, 0.6) is 5.88 Å². The average Bonchev–Trinajstić information content (AvgIpc) is 3.25. The number of pyridine rings is 1. The van der Waals surface area contributed by atoms with E-state index in [-0.39, 0.29) is 5.92 Å². The lowest BCUT2D eigenvalue weighted by molar-refractivity contribution is 0.00658. The molecule has 3 aromatic carbocycles. The Morgan fingerprint density at radius 2 is 1.74 bits per heavy atom. The van der Waals surface area contributed by atoms with Gasteiger partial charge in [-0.3, -0.25) is 0 Å². The van der Waals surface area contributed by atoms with Gasteiger partial charge in [0.05, 0.1) is 12.6 Å². The van der Waals surface area contributed by atoms with Crippen LogP contribution in [0.25, 0.3) is 10.9 Å². The number of hydrogen-bond acceptors (Lipinski definition) is 5. The molecule has 0 saturated carbocycles. The Bertz CT molecular complexity index is 1340. The molecule has 2 heterocycles. The van der Waals surface area contributed by atoms with E-state index in [9.17, 15) is 5.11 Å². The number of unbranched alkanes of at least 4 members (excludes halogenated alkanes) is 1. The van der Waals surface area contributed by atoms with Crippen molar-refractivity contribution in [2.45, 2.75) is 37.2 Å². The van der Waals surface area contributed by atoms with Crippen LogP contribution in [-0.2, 0) is 5.60 Å². The molecule has 0 bridgehead atoms. The Labute approximate surface area is 240 Å². The highest BCUT2D eigenvalue weighted by Crippen LogP contribution is 2.48. The molecule has 1 aromatic heterocycles. The van der Waals surface area contributed by atoms with Gasteiger partial charge in [0.15, 0.2) is 0 Å². The third-order valence-corrected chi connectivity index (χ3v) is 8.37. The topological polar surface area (TPSA) is 57.6 Å². The monoisotopic (exact) mass is 587 g/mol. The fraction of sp³-hybridized carbons (Fsp3) is 0.364. The fourth-order valence-corrected chi connectivity index (χ4v) is 6.29. The molecule has 2 unspecified atom stereocenters. The first kappa shape index (κ1) is 27.8. The molecular formula is C33H38BrN3O2. The molecule has 204 valence electrons. The van der Waals surface area contributed by atoms with Gasteiger partial charge < -0.3 is 20.1 Å². The summed E-state index contributed by atoms with van der Waals surface area (Å²) in [6, 6.07) is 28.6. The van der Waals surface area contributed by atoms with Gasteiger partial charge in [-0.25, -0.2) is 4.98 Å². The summed E-state index contributed by atoms with van der Waals surface area (Å²) in [4.78, 5) is 7.43. The Hall–Kier alpha value is -2.77. The molecule has 39 heavy (non-hydrogen) atoms. The molecule has 4 aromatic rings. The number of nitrogens with zero attached hydrogens (tertiary/aromatic N) is 2. The second kappa shape index (κ2) is 13.1. The standard InChI is InChI=1S/C33H38BrN3O2/c1-39-32-29(24-26-23-28(34)15-16-30(26)36-32)31(25-11-4-2-5-12-25)33(38,27-13-6-3-7-14-27)17-8-9-20-37-21-10-18-35-19-22-37/h2-7,11-16,23-24,31,35,38H,8-10,17-22H2,1H3. The highest BCUT2D eigenvalue weighted by Gasteiger charge is 2.42. The van der Waals surface area contributed by atoms with Crippen LogP contribution in [0.2, 0.25) is 0 Å². The van der Waals surface area contributed by atoms with E-state index in [1.807, 2.05) is 60.7 Å². The maximum absolute atomic E-state index is 12.9. The van der Waals surface area contributed by atoms with Crippen LogP contribution in [0.15, 0.2) is 89.4 Å². The molecule has 2 N–H and O–H groups in total. The largest absolute Gasteiger partial charge is 0.481 e. The Morgan fingerprint density at radius 1 is 0.974 bits per heavy atom. The second-order valence-electron chi connectivity index (χ2n) is 10.5. The van der Waals surface area contributed by atoms with E-state index in [0.717, 1.165) is 77.6 Å². The number of ether oxygens (including phenoxy) is 1. The maximum atomic E-state index is 12.9. The summed E-state index contributed by atoms with van der Waals surface area (Å²) in [5, 5.41) is 17.4. The van der Waals surface area contributed by atoms with Crippen molar-refractivity contribution in [2.24, 2.45) is 0 Å². The van der Waals surface area contributed by atoms with Gasteiger partial charge in [0, 0.05) is 34.4 Å². The summed E-state index contributed by atoms with van der Waals surface area (Å²) >= 11 is 3.61. The first-order valence-electron chi connectivity index (χ1n) is 14.0. The summed E-state index contributed by atoms with van der Waals surface area (Å²) in [5.41, 5.74) is 2.54. The maximum Gasteiger partial charge on any atom is 0.217 e. The molecule has 0 radical (unpaired) electrons. The summed E-state index contributed by atoms with van der Waals surface area (Å²) in [7, 11) is 1.66. The van der Waals surface area contributed by atoms with Gasteiger partial charge in [0.2, 0.25) is 5.88 Å². The third kappa shape index (κ3) is 6.52. The number of methoxy groups -OCH3 is 1. The average molecular weight is 589 g/mol. The third-order valence-electron chi connectivity index (χ3n) is 7.87. The molecule has 0 amide bonds. The zero-order valence-electron chi connectivity index (χ0n) is 22.7.